The minimum atomic E-state index is -0.108. The molecule has 1 aromatic heterocycles. The number of nitrogens with one attached hydrogen (secondary N) is 2. The molecule has 3 aromatic rings. The number of carbonyl (C=O) groups is 1. The van der Waals surface area contributed by atoms with Gasteiger partial charge in [0.25, 0.3) is 0 Å². The summed E-state index contributed by atoms with van der Waals surface area (Å²) in [6.45, 7) is 0.424. The van der Waals surface area contributed by atoms with Crippen molar-refractivity contribution in [3.63, 3.8) is 0 Å². The zero-order valence-corrected chi connectivity index (χ0v) is 14.2. The lowest BCUT2D eigenvalue weighted by atomic mass is 10.2. The highest BCUT2D eigenvalue weighted by molar-refractivity contribution is 6.39. The van der Waals surface area contributed by atoms with Gasteiger partial charge in [-0.15, -0.1) is 0 Å². The van der Waals surface area contributed by atoms with Crippen molar-refractivity contribution in [2.45, 2.75) is 6.42 Å². The predicted molar refractivity (Wildman–Crippen MR) is 99.9 cm³/mol. The molecule has 0 aliphatic rings. The van der Waals surface area contributed by atoms with E-state index < -0.39 is 0 Å². The number of pyridine rings is 1. The number of rotatable bonds is 5. The van der Waals surface area contributed by atoms with Crippen LogP contribution in [0.25, 0.3) is 10.9 Å². The highest BCUT2D eigenvalue weighted by Gasteiger charge is 2.08. The third-order valence-corrected chi connectivity index (χ3v) is 4.15. The van der Waals surface area contributed by atoms with Gasteiger partial charge in [0.15, 0.2) is 0 Å². The van der Waals surface area contributed by atoms with Crippen LogP contribution in [0.4, 0.5) is 11.4 Å². The number of benzene rings is 2. The van der Waals surface area contributed by atoms with Gasteiger partial charge in [-0.3, -0.25) is 9.78 Å². The number of amides is 1. The third-order valence-electron chi connectivity index (χ3n) is 3.52. The van der Waals surface area contributed by atoms with E-state index in [0.717, 1.165) is 10.9 Å². The van der Waals surface area contributed by atoms with Crippen LogP contribution in [0.3, 0.4) is 0 Å². The monoisotopic (exact) mass is 359 g/mol. The lowest BCUT2D eigenvalue weighted by molar-refractivity contribution is -0.115. The first-order chi connectivity index (χ1) is 11.6. The van der Waals surface area contributed by atoms with Gasteiger partial charge in [0.2, 0.25) is 5.91 Å². The Morgan fingerprint density at radius 3 is 2.50 bits per heavy atom. The molecule has 24 heavy (non-hydrogen) atoms. The number of carbonyl (C=O) groups excluding carboxylic acids is 1. The van der Waals surface area contributed by atoms with Crippen LogP contribution in [0.15, 0.2) is 54.7 Å². The molecule has 4 nitrogen and oxygen atoms in total. The van der Waals surface area contributed by atoms with E-state index in [9.17, 15) is 4.79 Å². The topological polar surface area (TPSA) is 54.0 Å². The van der Waals surface area contributed by atoms with Crippen molar-refractivity contribution < 1.29 is 4.79 Å². The maximum absolute atomic E-state index is 12.2. The van der Waals surface area contributed by atoms with Crippen molar-refractivity contribution in [1.29, 1.82) is 0 Å². The van der Waals surface area contributed by atoms with Gasteiger partial charge in [0.05, 0.1) is 26.9 Å². The molecule has 3 rings (SSSR count). The summed E-state index contributed by atoms with van der Waals surface area (Å²) in [6.07, 6.45) is 1.99. The summed E-state index contributed by atoms with van der Waals surface area (Å²) in [6, 6.07) is 14.8. The van der Waals surface area contributed by atoms with Gasteiger partial charge in [0, 0.05) is 24.5 Å². The second-order valence-electron chi connectivity index (χ2n) is 5.20. The van der Waals surface area contributed by atoms with Crippen LogP contribution in [0, 0.1) is 0 Å². The zero-order valence-electron chi connectivity index (χ0n) is 12.7. The van der Waals surface area contributed by atoms with Crippen molar-refractivity contribution in [1.82, 2.24) is 4.98 Å². The van der Waals surface area contributed by atoms with Crippen LogP contribution in [0.2, 0.25) is 10.0 Å². The number of fused-ring (bicyclic) bond motifs is 1. The molecule has 0 spiro atoms. The number of para-hydroxylation sites is 2. The number of hydrogen-bond acceptors (Lipinski definition) is 3. The molecule has 0 unspecified atom stereocenters. The van der Waals surface area contributed by atoms with Gasteiger partial charge in [-0.1, -0.05) is 47.5 Å². The molecule has 0 atom stereocenters. The Kier molecular flexibility index (Phi) is 5.18. The van der Waals surface area contributed by atoms with E-state index >= 15 is 0 Å². The smallest absolute Gasteiger partial charge is 0.226 e. The van der Waals surface area contributed by atoms with Gasteiger partial charge in [-0.05, 0) is 24.3 Å². The summed E-state index contributed by atoms with van der Waals surface area (Å²) < 4.78 is 0. The summed E-state index contributed by atoms with van der Waals surface area (Å²) in [5.41, 5.74) is 2.12. The van der Waals surface area contributed by atoms with E-state index in [-0.39, 0.29) is 12.3 Å². The minimum absolute atomic E-state index is 0.108. The standard InChI is InChI=1S/C18H15Cl2N3O/c19-13-6-2-7-14(20)18(13)22-11-9-16(24)23-15-8-1-4-12-5-3-10-21-17(12)15/h1-8,10,22H,9,11H2,(H,23,24). The van der Waals surface area contributed by atoms with E-state index in [4.69, 9.17) is 23.2 Å². The lowest BCUT2D eigenvalue weighted by Gasteiger charge is -2.11. The van der Waals surface area contributed by atoms with E-state index in [0.29, 0.717) is 28.0 Å². The highest BCUT2D eigenvalue weighted by Crippen LogP contribution is 2.29. The quantitative estimate of drug-likeness (QED) is 0.675. The first-order valence-corrected chi connectivity index (χ1v) is 8.22. The Bertz CT molecular complexity index is 858. The van der Waals surface area contributed by atoms with Gasteiger partial charge in [0.1, 0.15) is 0 Å². The first-order valence-electron chi connectivity index (χ1n) is 7.46. The summed E-state index contributed by atoms with van der Waals surface area (Å²) >= 11 is 12.2. The molecule has 0 saturated heterocycles. The molecule has 1 amide bonds. The number of anilines is 2. The Balaban J connectivity index is 1.62. The van der Waals surface area contributed by atoms with Crippen molar-refractivity contribution in [2.75, 3.05) is 17.2 Å². The van der Waals surface area contributed by atoms with Crippen LogP contribution in [0.1, 0.15) is 6.42 Å². The Morgan fingerprint density at radius 2 is 1.71 bits per heavy atom. The van der Waals surface area contributed by atoms with Crippen LogP contribution in [0.5, 0.6) is 0 Å². The summed E-state index contributed by atoms with van der Waals surface area (Å²) in [7, 11) is 0. The number of halogens is 2. The van der Waals surface area contributed by atoms with Crippen LogP contribution in [-0.2, 0) is 4.79 Å². The second kappa shape index (κ2) is 7.51. The molecule has 0 saturated carbocycles. The van der Waals surface area contributed by atoms with Crippen LogP contribution in [-0.4, -0.2) is 17.4 Å². The average molecular weight is 360 g/mol. The van der Waals surface area contributed by atoms with Crippen molar-refractivity contribution in [2.24, 2.45) is 0 Å². The molecule has 0 aliphatic carbocycles. The Hall–Kier alpha value is -2.30. The zero-order chi connectivity index (χ0) is 16.9. The van der Waals surface area contributed by atoms with E-state index in [1.807, 2.05) is 30.3 Å². The lowest BCUT2D eigenvalue weighted by Crippen LogP contribution is -2.16. The fourth-order valence-electron chi connectivity index (χ4n) is 2.39. The molecule has 6 heteroatoms. The van der Waals surface area contributed by atoms with Crippen LogP contribution < -0.4 is 10.6 Å². The Labute approximate surface area is 149 Å². The van der Waals surface area contributed by atoms with Gasteiger partial charge in [-0.2, -0.15) is 0 Å². The molecular formula is C18H15Cl2N3O. The molecule has 2 aromatic carbocycles. The van der Waals surface area contributed by atoms with Crippen LogP contribution >= 0.6 is 23.2 Å². The molecule has 2 N–H and O–H groups in total. The summed E-state index contributed by atoms with van der Waals surface area (Å²) in [5.74, 6) is -0.108. The number of hydrogen-bond donors (Lipinski definition) is 2. The first kappa shape index (κ1) is 16.6. The van der Waals surface area contributed by atoms with Crippen molar-refractivity contribution >= 4 is 51.4 Å². The third kappa shape index (κ3) is 3.78. The fourth-order valence-corrected chi connectivity index (χ4v) is 2.92. The molecule has 0 radical (unpaired) electrons. The molecular weight excluding hydrogens is 345 g/mol. The number of aromatic nitrogens is 1. The van der Waals surface area contributed by atoms with E-state index in [1.165, 1.54) is 0 Å². The summed E-state index contributed by atoms with van der Waals surface area (Å²) in [5, 5.41) is 8.03. The molecule has 0 aliphatic heterocycles. The van der Waals surface area contributed by atoms with Gasteiger partial charge < -0.3 is 10.6 Å². The molecule has 0 bridgehead atoms. The van der Waals surface area contributed by atoms with Crippen molar-refractivity contribution in [3.05, 3.63) is 64.8 Å². The van der Waals surface area contributed by atoms with Gasteiger partial charge in [-0.25, -0.2) is 0 Å². The maximum atomic E-state index is 12.2. The SMILES string of the molecule is O=C(CCNc1c(Cl)cccc1Cl)Nc1cccc2cccnc12. The molecule has 1 heterocycles. The largest absolute Gasteiger partial charge is 0.382 e. The highest BCUT2D eigenvalue weighted by atomic mass is 35.5. The van der Waals surface area contributed by atoms with Gasteiger partial charge >= 0.3 is 0 Å². The Morgan fingerprint density at radius 1 is 1.00 bits per heavy atom. The second-order valence-corrected chi connectivity index (χ2v) is 6.02. The predicted octanol–water partition coefficient (Wildman–Crippen LogP) is 4.98. The molecule has 0 fully saturated rings. The normalized spacial score (nSPS) is 10.6. The van der Waals surface area contributed by atoms with E-state index in [2.05, 4.69) is 15.6 Å². The molecule has 122 valence electrons. The fraction of sp³-hybridized carbons (Fsp3) is 0.111. The van der Waals surface area contributed by atoms with Crippen molar-refractivity contribution in [3.8, 4) is 0 Å². The average Bonchev–Trinajstić information content (AvgIpc) is 2.58. The van der Waals surface area contributed by atoms with E-state index in [1.54, 1.807) is 24.4 Å². The maximum Gasteiger partial charge on any atom is 0.226 e. The minimum Gasteiger partial charge on any atom is -0.382 e. The summed E-state index contributed by atoms with van der Waals surface area (Å²) in [4.78, 5) is 16.5. The number of nitrogens with zero attached hydrogens (tertiary/aromatic N) is 1.